The molecule has 1 aromatic rings. The highest BCUT2D eigenvalue weighted by Gasteiger charge is 2.40. The average molecular weight is 415 g/mol. The van der Waals surface area contributed by atoms with E-state index in [4.69, 9.17) is 9.47 Å². The number of esters is 2. The molecule has 0 spiro atoms. The molecule has 0 aromatic heterocycles. The van der Waals surface area contributed by atoms with Crippen LogP contribution in [0.3, 0.4) is 0 Å². The monoisotopic (exact) mass is 414 g/mol. The Balaban J connectivity index is 1.79. The third-order valence-corrected chi connectivity index (χ3v) is 6.22. The summed E-state index contributed by atoms with van der Waals surface area (Å²) in [7, 11) is 0. The van der Waals surface area contributed by atoms with Gasteiger partial charge in [-0.3, -0.25) is 5.01 Å². The third-order valence-electron chi connectivity index (χ3n) is 6.22. The predicted molar refractivity (Wildman–Crippen MR) is 117 cm³/mol. The molecule has 0 bridgehead atoms. The van der Waals surface area contributed by atoms with Crippen LogP contribution in [-0.2, 0) is 19.1 Å². The van der Waals surface area contributed by atoms with Crippen LogP contribution in [0.2, 0.25) is 0 Å². The van der Waals surface area contributed by atoms with Gasteiger partial charge in [-0.2, -0.15) is 5.10 Å². The van der Waals surface area contributed by atoms with Gasteiger partial charge in [0.15, 0.2) is 6.04 Å². The van der Waals surface area contributed by atoms with Crippen molar-refractivity contribution in [2.75, 3.05) is 11.6 Å². The lowest BCUT2D eigenvalue weighted by Gasteiger charge is -2.36. The molecule has 6 heteroatoms. The molecule has 0 saturated heterocycles. The molecule has 1 aromatic carbocycles. The lowest BCUT2D eigenvalue weighted by atomic mass is 9.75. The zero-order valence-electron chi connectivity index (χ0n) is 18.8. The van der Waals surface area contributed by atoms with Crippen LogP contribution in [0.15, 0.2) is 29.4 Å². The van der Waals surface area contributed by atoms with Crippen molar-refractivity contribution in [2.24, 2.45) is 22.9 Å². The highest BCUT2D eigenvalue weighted by Crippen LogP contribution is 2.36. The number of aryl methyl sites for hydroxylation is 1. The Morgan fingerprint density at radius 2 is 1.90 bits per heavy atom. The maximum absolute atomic E-state index is 13.0. The van der Waals surface area contributed by atoms with Gasteiger partial charge in [0, 0.05) is 6.42 Å². The molecule has 1 aliphatic heterocycles. The molecule has 3 rings (SSSR count). The fourth-order valence-electron chi connectivity index (χ4n) is 4.45. The largest absolute Gasteiger partial charge is 0.464 e. The van der Waals surface area contributed by atoms with Crippen LogP contribution >= 0.6 is 0 Å². The van der Waals surface area contributed by atoms with Gasteiger partial charge in [-0.05, 0) is 56.6 Å². The molecule has 1 heterocycles. The highest BCUT2D eigenvalue weighted by atomic mass is 16.5. The maximum Gasteiger partial charge on any atom is 0.354 e. The minimum atomic E-state index is -0.651. The molecule has 164 valence electrons. The van der Waals surface area contributed by atoms with E-state index in [9.17, 15) is 9.59 Å². The molecular formula is C24H34N2O4. The maximum atomic E-state index is 13.0. The van der Waals surface area contributed by atoms with E-state index in [-0.39, 0.29) is 30.8 Å². The van der Waals surface area contributed by atoms with Crippen molar-refractivity contribution in [1.82, 2.24) is 0 Å². The molecule has 4 atom stereocenters. The number of nitrogens with zero attached hydrogens (tertiary/aromatic N) is 2. The van der Waals surface area contributed by atoms with E-state index in [0.717, 1.165) is 24.1 Å². The molecule has 2 aliphatic rings. The van der Waals surface area contributed by atoms with Crippen LogP contribution < -0.4 is 5.01 Å². The number of carbonyl (C=O) groups excluding carboxylic acids is 2. The first-order valence-electron chi connectivity index (χ1n) is 11.1. The van der Waals surface area contributed by atoms with Crippen molar-refractivity contribution >= 4 is 23.3 Å². The van der Waals surface area contributed by atoms with Crippen molar-refractivity contribution in [2.45, 2.75) is 72.4 Å². The number of rotatable bonds is 6. The van der Waals surface area contributed by atoms with Crippen molar-refractivity contribution in [1.29, 1.82) is 0 Å². The van der Waals surface area contributed by atoms with Gasteiger partial charge in [-0.25, -0.2) is 9.59 Å². The summed E-state index contributed by atoms with van der Waals surface area (Å²) >= 11 is 0. The van der Waals surface area contributed by atoms with E-state index >= 15 is 0 Å². The number of hydrogen-bond acceptors (Lipinski definition) is 6. The molecule has 1 aliphatic carbocycles. The normalized spacial score (nSPS) is 26.5. The van der Waals surface area contributed by atoms with Gasteiger partial charge in [-0.15, -0.1) is 0 Å². The molecule has 0 radical (unpaired) electrons. The molecule has 0 amide bonds. The van der Waals surface area contributed by atoms with Crippen molar-refractivity contribution < 1.29 is 19.1 Å². The molecule has 1 fully saturated rings. The molecule has 0 unspecified atom stereocenters. The summed E-state index contributed by atoms with van der Waals surface area (Å²) in [6.45, 7) is 10.6. The molecular weight excluding hydrogens is 380 g/mol. The molecule has 1 saturated carbocycles. The Bertz CT molecular complexity index is 787. The van der Waals surface area contributed by atoms with Gasteiger partial charge in [0.2, 0.25) is 0 Å². The van der Waals surface area contributed by atoms with E-state index in [1.165, 1.54) is 6.42 Å². The SMILES string of the molecule is CCOC(=O)[C@H]1CC(C(=O)O[C@@H]2C[C@H](C)CC[C@H]2C(C)C)=NN1c1ccc(C)cc1. The smallest absolute Gasteiger partial charge is 0.354 e. The van der Waals surface area contributed by atoms with E-state index < -0.39 is 12.0 Å². The van der Waals surface area contributed by atoms with Crippen LogP contribution in [0.4, 0.5) is 5.69 Å². The van der Waals surface area contributed by atoms with Crippen LogP contribution in [0.25, 0.3) is 0 Å². The second kappa shape index (κ2) is 9.63. The quantitative estimate of drug-likeness (QED) is 0.641. The Hall–Kier alpha value is -2.37. The zero-order chi connectivity index (χ0) is 21.8. The molecule has 30 heavy (non-hydrogen) atoms. The third kappa shape index (κ3) is 5.02. The van der Waals surface area contributed by atoms with Crippen molar-refractivity contribution in [3.8, 4) is 0 Å². The number of ether oxygens (including phenoxy) is 2. The Kier molecular flexibility index (Phi) is 7.16. The number of hydrazone groups is 1. The van der Waals surface area contributed by atoms with Crippen molar-refractivity contribution in [3.63, 3.8) is 0 Å². The van der Waals surface area contributed by atoms with Gasteiger partial charge in [0.25, 0.3) is 0 Å². The van der Waals surface area contributed by atoms with E-state index in [1.54, 1.807) is 11.9 Å². The van der Waals surface area contributed by atoms with Crippen LogP contribution in [0, 0.1) is 24.7 Å². The lowest BCUT2D eigenvalue weighted by Crippen LogP contribution is -2.38. The number of benzene rings is 1. The van der Waals surface area contributed by atoms with E-state index in [0.29, 0.717) is 17.8 Å². The van der Waals surface area contributed by atoms with Gasteiger partial charge in [-0.1, -0.05) is 44.9 Å². The Morgan fingerprint density at radius 3 is 2.53 bits per heavy atom. The minimum absolute atomic E-state index is 0.0987. The van der Waals surface area contributed by atoms with Gasteiger partial charge in [0.05, 0.1) is 12.3 Å². The first-order valence-corrected chi connectivity index (χ1v) is 11.1. The fourth-order valence-corrected chi connectivity index (χ4v) is 4.45. The van der Waals surface area contributed by atoms with Crippen LogP contribution in [0.1, 0.15) is 58.9 Å². The number of carbonyl (C=O) groups is 2. The summed E-state index contributed by atoms with van der Waals surface area (Å²) in [5.74, 6) is 0.567. The van der Waals surface area contributed by atoms with E-state index in [1.807, 2.05) is 31.2 Å². The second-order valence-corrected chi connectivity index (χ2v) is 8.97. The first kappa shape index (κ1) is 22.3. The van der Waals surface area contributed by atoms with E-state index in [2.05, 4.69) is 25.9 Å². The summed E-state index contributed by atoms with van der Waals surface area (Å²) in [6.07, 6.45) is 3.22. The van der Waals surface area contributed by atoms with Gasteiger partial charge >= 0.3 is 11.9 Å². The Labute approximate surface area is 179 Å². The average Bonchev–Trinajstić information content (AvgIpc) is 3.14. The van der Waals surface area contributed by atoms with Crippen LogP contribution in [-0.4, -0.2) is 36.4 Å². The van der Waals surface area contributed by atoms with Gasteiger partial charge in [0.1, 0.15) is 11.8 Å². The zero-order valence-corrected chi connectivity index (χ0v) is 18.8. The van der Waals surface area contributed by atoms with Crippen molar-refractivity contribution in [3.05, 3.63) is 29.8 Å². The number of hydrogen-bond donors (Lipinski definition) is 0. The molecule has 6 nitrogen and oxygen atoms in total. The first-order chi connectivity index (χ1) is 14.3. The molecule has 0 N–H and O–H groups in total. The second-order valence-electron chi connectivity index (χ2n) is 8.97. The summed E-state index contributed by atoms with van der Waals surface area (Å²) < 4.78 is 11.2. The summed E-state index contributed by atoms with van der Waals surface area (Å²) in [6, 6.07) is 7.06. The topological polar surface area (TPSA) is 68.2 Å². The summed E-state index contributed by atoms with van der Waals surface area (Å²) in [5.41, 5.74) is 2.16. The van der Waals surface area contributed by atoms with Gasteiger partial charge < -0.3 is 9.47 Å². The highest BCUT2D eigenvalue weighted by molar-refractivity contribution is 6.38. The lowest BCUT2D eigenvalue weighted by molar-refractivity contribution is -0.147. The fraction of sp³-hybridized carbons (Fsp3) is 0.625. The Morgan fingerprint density at radius 1 is 1.20 bits per heavy atom. The predicted octanol–water partition coefficient (Wildman–Crippen LogP) is 4.50. The summed E-state index contributed by atoms with van der Waals surface area (Å²) in [4.78, 5) is 25.6. The summed E-state index contributed by atoms with van der Waals surface area (Å²) in [5, 5.41) is 6.10. The standard InChI is InChI=1S/C24H34N2O4/c1-6-29-24(28)21-14-20(25-26(21)18-10-7-16(4)8-11-18)23(27)30-22-13-17(5)9-12-19(22)15(2)3/h7-8,10-11,15,17,19,21-22H,6,9,12-14H2,1-5H3/t17-,19+,21-,22-/m1/s1. The minimum Gasteiger partial charge on any atom is -0.464 e. The number of anilines is 1. The van der Waals surface area contributed by atoms with Crippen LogP contribution in [0.5, 0.6) is 0 Å².